The van der Waals surface area contributed by atoms with Gasteiger partial charge in [-0.25, -0.2) is 4.98 Å². The number of likely N-dealkylation sites (tertiary alicyclic amines) is 1. The summed E-state index contributed by atoms with van der Waals surface area (Å²) in [5.41, 5.74) is 13.2. The van der Waals surface area contributed by atoms with Crippen molar-refractivity contribution >= 4 is 29.1 Å². The number of carbonyl (C=O) groups is 1. The van der Waals surface area contributed by atoms with Crippen LogP contribution in [0, 0.1) is 0 Å². The van der Waals surface area contributed by atoms with Gasteiger partial charge in [-0.1, -0.05) is 77.8 Å². The van der Waals surface area contributed by atoms with Gasteiger partial charge in [0.25, 0.3) is 0 Å². The Morgan fingerprint density at radius 1 is 0.952 bits per heavy atom. The number of ether oxygens (including phenoxy) is 1. The smallest absolute Gasteiger partial charge is 0.220 e. The first-order valence-corrected chi connectivity index (χ1v) is 14.7. The zero-order valence-electron chi connectivity index (χ0n) is 23.3. The van der Waals surface area contributed by atoms with E-state index in [0.717, 1.165) is 64.0 Å². The number of nitrogens with two attached hydrogens (primary N) is 1. The van der Waals surface area contributed by atoms with E-state index in [0.29, 0.717) is 41.1 Å². The largest absolute Gasteiger partial charge is 0.481 e. The van der Waals surface area contributed by atoms with Crippen molar-refractivity contribution in [3.05, 3.63) is 93.5 Å². The Morgan fingerprint density at radius 3 is 2.26 bits per heavy atom. The standard InChI is InChI=1S/C33H32Cl2N4O3/c1-42-32-22(16-39-18-33(19-39)13-12-29(41)38-33)10-11-28(37-32)27-7-3-6-26(31(27)35)25-5-2-4-24(30(25)34)20-8-9-21(15-36)23(14-20)17-40/h2-11,14,40H,12-13,15-19,36H2,1H3,(H,38,41). The molecule has 1 spiro atoms. The molecule has 9 heteroatoms. The van der Waals surface area contributed by atoms with Crippen LogP contribution in [0.15, 0.2) is 66.7 Å². The third-order valence-electron chi connectivity index (χ3n) is 8.29. The maximum Gasteiger partial charge on any atom is 0.220 e. The van der Waals surface area contributed by atoms with Crippen LogP contribution in [-0.2, 0) is 24.5 Å². The van der Waals surface area contributed by atoms with Gasteiger partial charge in [0.05, 0.1) is 35.0 Å². The maximum absolute atomic E-state index is 11.7. The van der Waals surface area contributed by atoms with Crippen molar-refractivity contribution in [1.82, 2.24) is 15.2 Å². The number of methoxy groups -OCH3 is 1. The fourth-order valence-electron chi connectivity index (χ4n) is 6.13. The second kappa shape index (κ2) is 11.7. The van der Waals surface area contributed by atoms with E-state index in [1.807, 2.05) is 66.7 Å². The molecule has 7 nitrogen and oxygen atoms in total. The summed E-state index contributed by atoms with van der Waals surface area (Å²) in [7, 11) is 1.62. The molecule has 0 unspecified atom stereocenters. The molecule has 2 saturated heterocycles. The Balaban J connectivity index is 1.28. The Labute approximate surface area is 255 Å². The molecular formula is C33H32Cl2N4O3. The van der Waals surface area contributed by atoms with Crippen molar-refractivity contribution in [2.45, 2.75) is 38.1 Å². The van der Waals surface area contributed by atoms with E-state index in [-0.39, 0.29) is 18.1 Å². The number of pyridine rings is 1. The van der Waals surface area contributed by atoms with Crippen LogP contribution in [0.4, 0.5) is 0 Å². The van der Waals surface area contributed by atoms with Crippen molar-refractivity contribution in [3.8, 4) is 39.4 Å². The van der Waals surface area contributed by atoms with E-state index in [1.54, 1.807) is 7.11 Å². The third-order valence-corrected chi connectivity index (χ3v) is 9.10. The van der Waals surface area contributed by atoms with Crippen LogP contribution in [0.25, 0.3) is 33.5 Å². The summed E-state index contributed by atoms with van der Waals surface area (Å²) >= 11 is 14.0. The number of rotatable bonds is 8. The van der Waals surface area contributed by atoms with Crippen molar-refractivity contribution in [3.63, 3.8) is 0 Å². The Kier molecular flexibility index (Phi) is 7.96. The topological polar surface area (TPSA) is 101 Å². The van der Waals surface area contributed by atoms with E-state index in [2.05, 4.69) is 10.2 Å². The molecule has 0 atom stereocenters. The highest BCUT2D eigenvalue weighted by Gasteiger charge is 2.47. The van der Waals surface area contributed by atoms with Crippen LogP contribution in [0.3, 0.4) is 0 Å². The molecule has 0 bridgehead atoms. The average molecular weight is 604 g/mol. The van der Waals surface area contributed by atoms with E-state index < -0.39 is 0 Å². The van der Waals surface area contributed by atoms with Crippen molar-refractivity contribution in [2.75, 3.05) is 20.2 Å². The number of aromatic nitrogens is 1. The molecule has 4 aromatic rings. The fraction of sp³-hybridized carbons (Fsp3) is 0.273. The minimum Gasteiger partial charge on any atom is -0.481 e. The number of aliphatic hydroxyl groups excluding tert-OH is 1. The predicted octanol–water partition coefficient (Wildman–Crippen LogP) is 5.81. The Morgan fingerprint density at radius 2 is 1.62 bits per heavy atom. The lowest BCUT2D eigenvalue weighted by Gasteiger charge is -2.48. The quantitative estimate of drug-likeness (QED) is 0.235. The van der Waals surface area contributed by atoms with Gasteiger partial charge < -0.3 is 20.9 Å². The molecule has 2 aliphatic heterocycles. The summed E-state index contributed by atoms with van der Waals surface area (Å²) in [5.74, 6) is 0.688. The zero-order chi connectivity index (χ0) is 29.4. The normalized spacial score (nSPS) is 16.0. The van der Waals surface area contributed by atoms with Gasteiger partial charge in [0.1, 0.15) is 0 Å². The number of nitrogens with zero attached hydrogens (tertiary/aromatic N) is 2. The Bertz CT molecular complexity index is 1670. The van der Waals surface area contributed by atoms with Gasteiger partial charge in [-0.05, 0) is 35.2 Å². The van der Waals surface area contributed by atoms with Gasteiger partial charge in [-0.15, -0.1) is 0 Å². The number of nitrogens with one attached hydrogen (secondary N) is 1. The minimum atomic E-state index is -0.0994. The fourth-order valence-corrected chi connectivity index (χ4v) is 6.79. The van der Waals surface area contributed by atoms with Gasteiger partial charge in [0.15, 0.2) is 0 Å². The SMILES string of the molecule is COc1nc(-c2cccc(-c3cccc(-c4ccc(CN)c(CO)c4)c3Cl)c2Cl)ccc1CN1CC2(CCC(=O)N2)C1. The number of hydrogen-bond donors (Lipinski definition) is 3. The number of benzene rings is 3. The molecule has 4 N–H and O–H groups in total. The maximum atomic E-state index is 11.7. The van der Waals surface area contributed by atoms with Gasteiger partial charge >= 0.3 is 0 Å². The van der Waals surface area contributed by atoms with Gasteiger partial charge in [-0.2, -0.15) is 0 Å². The van der Waals surface area contributed by atoms with Crippen LogP contribution in [-0.4, -0.2) is 46.6 Å². The van der Waals surface area contributed by atoms with Crippen molar-refractivity contribution < 1.29 is 14.6 Å². The third kappa shape index (κ3) is 5.27. The number of halogens is 2. The van der Waals surface area contributed by atoms with Crippen LogP contribution in [0.5, 0.6) is 5.88 Å². The number of amides is 1. The van der Waals surface area contributed by atoms with Crippen LogP contribution >= 0.6 is 23.2 Å². The molecule has 42 heavy (non-hydrogen) atoms. The number of carbonyl (C=O) groups excluding carboxylic acids is 1. The summed E-state index contributed by atoms with van der Waals surface area (Å²) in [6.07, 6.45) is 1.50. The molecule has 3 aromatic carbocycles. The molecule has 216 valence electrons. The van der Waals surface area contributed by atoms with Crippen molar-refractivity contribution in [2.24, 2.45) is 5.73 Å². The highest BCUT2D eigenvalue weighted by atomic mass is 35.5. The number of hydrogen-bond acceptors (Lipinski definition) is 6. The van der Waals surface area contributed by atoms with Gasteiger partial charge in [-0.3, -0.25) is 9.69 Å². The highest BCUT2D eigenvalue weighted by molar-refractivity contribution is 6.39. The molecule has 2 aliphatic rings. The summed E-state index contributed by atoms with van der Waals surface area (Å²) in [4.78, 5) is 18.8. The highest BCUT2D eigenvalue weighted by Crippen LogP contribution is 2.43. The van der Waals surface area contributed by atoms with Crippen LogP contribution < -0.4 is 15.8 Å². The zero-order valence-corrected chi connectivity index (χ0v) is 24.8. The average Bonchev–Trinajstić information content (AvgIpc) is 3.39. The summed E-state index contributed by atoms with van der Waals surface area (Å²) in [6.45, 7) is 2.60. The molecule has 6 rings (SSSR count). The second-order valence-corrected chi connectivity index (χ2v) is 11.8. The van der Waals surface area contributed by atoms with Crippen molar-refractivity contribution in [1.29, 1.82) is 0 Å². The molecule has 3 heterocycles. The first-order chi connectivity index (χ1) is 20.3. The lowest BCUT2D eigenvalue weighted by molar-refractivity contribution is -0.120. The lowest BCUT2D eigenvalue weighted by Crippen LogP contribution is -2.66. The first kappa shape index (κ1) is 28.6. The van der Waals surface area contributed by atoms with Gasteiger partial charge in [0, 0.05) is 60.4 Å². The van der Waals surface area contributed by atoms with Crippen LogP contribution in [0.2, 0.25) is 10.0 Å². The van der Waals surface area contributed by atoms with E-state index in [1.165, 1.54) is 0 Å². The summed E-state index contributed by atoms with van der Waals surface area (Å²) in [5, 5.41) is 14.1. The summed E-state index contributed by atoms with van der Waals surface area (Å²) in [6, 6.07) is 21.5. The molecule has 2 fully saturated rings. The molecule has 0 aliphatic carbocycles. The first-order valence-electron chi connectivity index (χ1n) is 13.9. The molecule has 0 saturated carbocycles. The molecule has 1 amide bonds. The minimum absolute atomic E-state index is 0.0702. The summed E-state index contributed by atoms with van der Waals surface area (Å²) < 4.78 is 5.69. The number of aliphatic hydroxyl groups is 1. The predicted molar refractivity (Wildman–Crippen MR) is 166 cm³/mol. The molecule has 1 aromatic heterocycles. The second-order valence-electron chi connectivity index (χ2n) is 11.0. The van der Waals surface area contributed by atoms with E-state index in [9.17, 15) is 9.90 Å². The Hall–Kier alpha value is -3.46. The monoisotopic (exact) mass is 602 g/mol. The molecule has 0 radical (unpaired) electrons. The molecular weight excluding hydrogens is 571 g/mol. The van der Waals surface area contributed by atoms with Crippen LogP contribution in [0.1, 0.15) is 29.5 Å². The lowest BCUT2D eigenvalue weighted by atomic mass is 9.88. The van der Waals surface area contributed by atoms with Gasteiger partial charge in [0.2, 0.25) is 11.8 Å². The van der Waals surface area contributed by atoms with E-state index in [4.69, 9.17) is 38.7 Å². The van der Waals surface area contributed by atoms with E-state index >= 15 is 0 Å².